The molecule has 6 heavy (non-hydrogen) atoms. The van der Waals surface area contributed by atoms with Crippen molar-refractivity contribution in [3.8, 4) is 0 Å². The van der Waals surface area contributed by atoms with Crippen molar-refractivity contribution in [1.29, 1.82) is 0 Å². The molecule has 0 aromatic carbocycles. The maximum atomic E-state index is 4.57. The SMILES string of the molecule is S=C1NNNN1. The molecule has 4 nitrogen and oxygen atoms in total. The lowest BCUT2D eigenvalue weighted by molar-refractivity contribution is 0.556. The van der Waals surface area contributed by atoms with Crippen molar-refractivity contribution < 1.29 is 0 Å². The largest absolute Gasteiger partial charge is 0.282 e. The molecule has 0 aromatic heterocycles. The van der Waals surface area contributed by atoms with E-state index in [1.165, 1.54) is 0 Å². The van der Waals surface area contributed by atoms with Crippen LogP contribution >= 0.6 is 12.2 Å². The first-order chi connectivity index (χ1) is 2.89. The van der Waals surface area contributed by atoms with Gasteiger partial charge in [0, 0.05) is 0 Å². The molecule has 0 radical (unpaired) electrons. The van der Waals surface area contributed by atoms with E-state index in [4.69, 9.17) is 0 Å². The number of rotatable bonds is 0. The van der Waals surface area contributed by atoms with E-state index in [0.29, 0.717) is 5.11 Å². The molecule has 0 atom stereocenters. The molecule has 4 N–H and O–H groups in total. The summed E-state index contributed by atoms with van der Waals surface area (Å²) < 4.78 is 0. The van der Waals surface area contributed by atoms with Gasteiger partial charge in [-0.15, -0.1) is 0 Å². The summed E-state index contributed by atoms with van der Waals surface area (Å²) in [6.07, 6.45) is 0. The average Bonchev–Trinajstić information content (AvgIpc) is 1.86. The van der Waals surface area contributed by atoms with Crippen molar-refractivity contribution in [2.75, 3.05) is 0 Å². The van der Waals surface area contributed by atoms with Crippen molar-refractivity contribution in [2.45, 2.75) is 0 Å². The Morgan fingerprint density at radius 2 is 1.67 bits per heavy atom. The van der Waals surface area contributed by atoms with Crippen LogP contribution < -0.4 is 21.9 Å². The highest BCUT2D eigenvalue weighted by atomic mass is 32.1. The van der Waals surface area contributed by atoms with Crippen molar-refractivity contribution in [2.24, 2.45) is 0 Å². The maximum Gasteiger partial charge on any atom is 0.197 e. The zero-order valence-electron chi connectivity index (χ0n) is 2.91. The number of hydrogen-bond donors (Lipinski definition) is 4. The molecule has 0 bridgehead atoms. The van der Waals surface area contributed by atoms with Crippen LogP contribution in [-0.2, 0) is 0 Å². The fourth-order valence-corrected chi connectivity index (χ4v) is 0.309. The molecule has 0 unspecified atom stereocenters. The van der Waals surface area contributed by atoms with E-state index in [-0.39, 0.29) is 0 Å². The maximum absolute atomic E-state index is 4.57. The van der Waals surface area contributed by atoms with Crippen molar-refractivity contribution in [3.05, 3.63) is 0 Å². The Bertz CT molecular complexity index is 61.9. The third-order valence-corrected chi connectivity index (χ3v) is 0.619. The van der Waals surface area contributed by atoms with Gasteiger partial charge in [-0.1, -0.05) is 0 Å². The molecule has 0 aliphatic carbocycles. The van der Waals surface area contributed by atoms with E-state index < -0.39 is 0 Å². The second-order valence-electron chi connectivity index (χ2n) is 0.829. The normalized spacial score (nSPS) is 19.7. The van der Waals surface area contributed by atoms with Gasteiger partial charge < -0.3 is 0 Å². The smallest absolute Gasteiger partial charge is 0.197 e. The molecule has 1 rings (SSSR count). The predicted octanol–water partition coefficient (Wildman–Crippen LogP) is -1.61. The Morgan fingerprint density at radius 3 is 1.83 bits per heavy atom. The summed E-state index contributed by atoms with van der Waals surface area (Å²) in [5.74, 6) is 0. The predicted molar refractivity (Wildman–Crippen MR) is 25.1 cm³/mol. The molecular weight excluding hydrogens is 100 g/mol. The summed E-state index contributed by atoms with van der Waals surface area (Å²) >= 11 is 4.57. The molecule has 0 amide bonds. The molecule has 1 aliphatic rings. The van der Waals surface area contributed by atoms with Crippen molar-refractivity contribution in [1.82, 2.24) is 21.9 Å². The summed E-state index contributed by atoms with van der Waals surface area (Å²) in [7, 11) is 0. The molecule has 34 valence electrons. The highest BCUT2D eigenvalue weighted by Gasteiger charge is 1.96. The quantitative estimate of drug-likeness (QED) is 0.278. The van der Waals surface area contributed by atoms with Crippen LogP contribution in [0.3, 0.4) is 0 Å². The fourth-order valence-electron chi connectivity index (χ4n) is 0.207. The molecule has 1 heterocycles. The molecule has 5 heteroatoms. The summed E-state index contributed by atoms with van der Waals surface area (Å²) in [5, 5.41) is 0.565. The van der Waals surface area contributed by atoms with E-state index in [2.05, 4.69) is 34.1 Å². The molecule has 0 spiro atoms. The van der Waals surface area contributed by atoms with Gasteiger partial charge in [0.25, 0.3) is 0 Å². The Hall–Kier alpha value is -0.390. The number of nitrogens with one attached hydrogen (secondary N) is 4. The highest BCUT2D eigenvalue weighted by Crippen LogP contribution is 1.58. The van der Waals surface area contributed by atoms with Gasteiger partial charge in [-0.3, -0.25) is 10.9 Å². The van der Waals surface area contributed by atoms with Crippen LogP contribution in [-0.4, -0.2) is 5.11 Å². The lowest BCUT2D eigenvalue weighted by atomic mass is 11.2. The summed E-state index contributed by atoms with van der Waals surface area (Å²) in [6, 6.07) is 0. The first kappa shape index (κ1) is 3.79. The molecule has 1 saturated heterocycles. The molecule has 1 fully saturated rings. The average molecular weight is 104 g/mol. The van der Waals surface area contributed by atoms with Gasteiger partial charge in [0.05, 0.1) is 0 Å². The minimum Gasteiger partial charge on any atom is -0.282 e. The molecule has 0 saturated carbocycles. The Morgan fingerprint density at radius 1 is 1.17 bits per heavy atom. The summed E-state index contributed by atoms with van der Waals surface area (Å²) in [5.41, 5.74) is 10.2. The fraction of sp³-hybridized carbons (Fsp3) is 0. The monoisotopic (exact) mass is 104 g/mol. The van der Waals surface area contributed by atoms with Crippen LogP contribution in [0.15, 0.2) is 0 Å². The van der Waals surface area contributed by atoms with Gasteiger partial charge in [-0.05, 0) is 12.2 Å². The number of thiocarbonyl (C=S) groups is 1. The molecule has 0 aromatic rings. The van der Waals surface area contributed by atoms with Crippen LogP contribution in [0.1, 0.15) is 0 Å². The first-order valence-electron chi connectivity index (χ1n) is 1.45. The van der Waals surface area contributed by atoms with Gasteiger partial charge in [0.1, 0.15) is 0 Å². The highest BCUT2D eigenvalue weighted by molar-refractivity contribution is 7.80. The second kappa shape index (κ2) is 1.38. The van der Waals surface area contributed by atoms with Crippen LogP contribution in [0.4, 0.5) is 0 Å². The Balaban J connectivity index is 2.37. The zero-order valence-corrected chi connectivity index (χ0v) is 3.72. The van der Waals surface area contributed by atoms with Crippen LogP contribution in [0.5, 0.6) is 0 Å². The third kappa shape index (κ3) is 0.563. The van der Waals surface area contributed by atoms with Crippen LogP contribution in [0.25, 0.3) is 0 Å². The number of hydrazine groups is 3. The third-order valence-electron chi connectivity index (χ3n) is 0.415. The van der Waals surface area contributed by atoms with Gasteiger partial charge in [0.15, 0.2) is 5.11 Å². The topological polar surface area (TPSA) is 48.1 Å². The van der Waals surface area contributed by atoms with Gasteiger partial charge in [0.2, 0.25) is 0 Å². The van der Waals surface area contributed by atoms with Crippen molar-refractivity contribution >= 4 is 17.3 Å². The van der Waals surface area contributed by atoms with E-state index in [0.717, 1.165) is 0 Å². The second-order valence-corrected chi connectivity index (χ2v) is 1.24. The number of hydrogen-bond acceptors (Lipinski definition) is 3. The van der Waals surface area contributed by atoms with E-state index in [1.807, 2.05) is 0 Å². The van der Waals surface area contributed by atoms with E-state index in [1.54, 1.807) is 0 Å². The summed E-state index contributed by atoms with van der Waals surface area (Å²) in [6.45, 7) is 0. The van der Waals surface area contributed by atoms with Gasteiger partial charge >= 0.3 is 0 Å². The van der Waals surface area contributed by atoms with Crippen LogP contribution in [0.2, 0.25) is 0 Å². The zero-order chi connectivity index (χ0) is 4.41. The van der Waals surface area contributed by atoms with Gasteiger partial charge in [-0.2, -0.15) is 11.1 Å². The first-order valence-corrected chi connectivity index (χ1v) is 1.86. The molecule has 1 aliphatic heterocycles. The lowest BCUT2D eigenvalue weighted by Crippen LogP contribution is -2.33. The van der Waals surface area contributed by atoms with E-state index in [9.17, 15) is 0 Å². The van der Waals surface area contributed by atoms with Gasteiger partial charge in [-0.25, -0.2) is 0 Å². The Labute approximate surface area is 40.2 Å². The van der Waals surface area contributed by atoms with Crippen LogP contribution in [0, 0.1) is 0 Å². The minimum absolute atomic E-state index is 0.565. The molecular formula is CH4N4S. The minimum atomic E-state index is 0.565. The van der Waals surface area contributed by atoms with Crippen molar-refractivity contribution in [3.63, 3.8) is 0 Å². The standard InChI is InChI=1S/CH4N4S/c6-1-2-4-5-3-1/h4-5H,(H2,2,3,6). The lowest BCUT2D eigenvalue weighted by Gasteiger charge is -1.81. The Kier molecular flexibility index (Phi) is 0.868. The van der Waals surface area contributed by atoms with E-state index >= 15 is 0 Å². The summed E-state index contributed by atoms with van der Waals surface area (Å²) in [4.78, 5) is 0.